The van der Waals surface area contributed by atoms with E-state index in [1.165, 1.54) is 5.57 Å². The Hall–Kier alpha value is -3.91. The average Bonchev–Trinajstić information content (AvgIpc) is 3.25. The lowest BCUT2D eigenvalue weighted by molar-refractivity contribution is 0.102. The van der Waals surface area contributed by atoms with Gasteiger partial charge >= 0.3 is 0 Å². The molecular weight excluding hydrogens is 402 g/mol. The Kier molecular flexibility index (Phi) is 5.20. The van der Waals surface area contributed by atoms with Crippen LogP contribution in [0.25, 0.3) is 27.6 Å². The summed E-state index contributed by atoms with van der Waals surface area (Å²) >= 11 is 0. The first-order valence-electron chi connectivity index (χ1n) is 10.5. The van der Waals surface area contributed by atoms with Gasteiger partial charge < -0.3 is 4.90 Å². The minimum atomic E-state index is -0.259. The number of carbonyl (C=O) groups excluding carboxylic acids is 1. The predicted molar refractivity (Wildman–Crippen MR) is 124 cm³/mol. The molecule has 5 rings (SSSR count). The van der Waals surface area contributed by atoms with Crippen LogP contribution in [0.15, 0.2) is 61.2 Å². The lowest BCUT2D eigenvalue weighted by atomic mass is 10.0. The van der Waals surface area contributed by atoms with Gasteiger partial charge in [-0.3, -0.25) is 19.8 Å². The fourth-order valence-electron chi connectivity index (χ4n) is 3.76. The normalized spacial score (nSPS) is 14.4. The van der Waals surface area contributed by atoms with Crippen molar-refractivity contribution in [2.45, 2.75) is 6.42 Å². The van der Waals surface area contributed by atoms with Gasteiger partial charge in [0.25, 0.3) is 5.91 Å². The van der Waals surface area contributed by atoms with Crippen LogP contribution >= 0.6 is 0 Å². The molecule has 0 atom stereocenters. The Balaban J connectivity index is 1.38. The van der Waals surface area contributed by atoms with Crippen molar-refractivity contribution in [3.63, 3.8) is 0 Å². The summed E-state index contributed by atoms with van der Waals surface area (Å²) in [6.07, 6.45) is 10.2. The fourth-order valence-corrected chi connectivity index (χ4v) is 3.76. The van der Waals surface area contributed by atoms with Crippen LogP contribution in [0.5, 0.6) is 0 Å². The van der Waals surface area contributed by atoms with Crippen LogP contribution in [0, 0.1) is 0 Å². The summed E-state index contributed by atoms with van der Waals surface area (Å²) in [6.45, 7) is 1.87. The summed E-state index contributed by atoms with van der Waals surface area (Å²) in [5.41, 5.74) is 5.30. The number of likely N-dealkylation sites (N-methyl/N-ethyl adjacent to an activating group) is 1. The Bertz CT molecular complexity index is 1340. The number of rotatable bonds is 4. The molecule has 0 fully saturated rings. The average molecular weight is 425 g/mol. The zero-order valence-corrected chi connectivity index (χ0v) is 18.0. The van der Waals surface area contributed by atoms with Crippen LogP contribution in [-0.2, 0) is 7.05 Å². The molecule has 8 nitrogen and oxygen atoms in total. The van der Waals surface area contributed by atoms with Crippen LogP contribution in [-0.4, -0.2) is 55.7 Å². The first-order valence-corrected chi connectivity index (χ1v) is 10.5. The third-order valence-electron chi connectivity index (χ3n) is 5.61. The minimum absolute atomic E-state index is 0.259. The van der Waals surface area contributed by atoms with Crippen molar-refractivity contribution < 1.29 is 4.79 Å². The Morgan fingerprint density at radius 2 is 1.97 bits per heavy atom. The highest BCUT2D eigenvalue weighted by Gasteiger charge is 2.14. The van der Waals surface area contributed by atoms with Crippen LogP contribution in [0.2, 0.25) is 0 Å². The summed E-state index contributed by atoms with van der Waals surface area (Å²) in [4.78, 5) is 28.4. The van der Waals surface area contributed by atoms with Crippen LogP contribution in [0.1, 0.15) is 22.5 Å². The first-order chi connectivity index (χ1) is 15.5. The van der Waals surface area contributed by atoms with E-state index in [-0.39, 0.29) is 11.9 Å². The zero-order valence-electron chi connectivity index (χ0n) is 18.0. The van der Waals surface area contributed by atoms with Gasteiger partial charge in [-0.25, -0.2) is 9.97 Å². The molecule has 3 aromatic heterocycles. The Labute approximate surface area is 185 Å². The number of carbonyl (C=O) groups is 1. The molecule has 0 saturated heterocycles. The zero-order chi connectivity index (χ0) is 22.1. The van der Waals surface area contributed by atoms with E-state index in [4.69, 9.17) is 0 Å². The number of nitrogens with one attached hydrogen (secondary N) is 1. The third-order valence-corrected chi connectivity index (χ3v) is 5.61. The van der Waals surface area contributed by atoms with Crippen LogP contribution in [0.4, 0.5) is 5.95 Å². The lowest BCUT2D eigenvalue weighted by Gasteiger charge is -2.21. The maximum Gasteiger partial charge on any atom is 0.258 e. The molecule has 0 spiro atoms. The number of hydrogen-bond acceptors (Lipinski definition) is 6. The third kappa shape index (κ3) is 4.13. The number of hydrogen-bond donors (Lipinski definition) is 1. The van der Waals surface area contributed by atoms with Crippen molar-refractivity contribution >= 4 is 28.3 Å². The number of anilines is 1. The van der Waals surface area contributed by atoms with Gasteiger partial charge in [-0.2, -0.15) is 5.10 Å². The summed E-state index contributed by atoms with van der Waals surface area (Å²) in [7, 11) is 3.97. The van der Waals surface area contributed by atoms with E-state index in [2.05, 4.69) is 43.4 Å². The molecule has 32 heavy (non-hydrogen) atoms. The van der Waals surface area contributed by atoms with Gasteiger partial charge in [0.15, 0.2) is 0 Å². The molecule has 160 valence electrons. The number of aromatic nitrogens is 5. The van der Waals surface area contributed by atoms with Gasteiger partial charge in [0.2, 0.25) is 5.95 Å². The van der Waals surface area contributed by atoms with Gasteiger partial charge in [0.1, 0.15) is 0 Å². The maximum absolute atomic E-state index is 12.9. The second-order valence-corrected chi connectivity index (χ2v) is 8.00. The number of benzene rings is 1. The second kappa shape index (κ2) is 8.32. The molecule has 0 bridgehead atoms. The highest BCUT2D eigenvalue weighted by molar-refractivity contribution is 6.04. The molecule has 8 heteroatoms. The van der Waals surface area contributed by atoms with Crippen molar-refractivity contribution in [1.82, 2.24) is 29.6 Å². The van der Waals surface area contributed by atoms with E-state index in [9.17, 15) is 4.79 Å². The highest BCUT2D eigenvalue weighted by atomic mass is 16.1. The van der Waals surface area contributed by atoms with Gasteiger partial charge in [-0.15, -0.1) is 0 Å². The predicted octanol–water partition coefficient (Wildman–Crippen LogP) is 3.40. The molecule has 0 saturated carbocycles. The summed E-state index contributed by atoms with van der Waals surface area (Å²) < 4.78 is 1.76. The summed E-state index contributed by atoms with van der Waals surface area (Å²) in [5.74, 6) is 0.00708. The number of nitrogens with zero attached hydrogens (tertiary/aromatic N) is 6. The van der Waals surface area contributed by atoms with E-state index in [0.29, 0.717) is 5.56 Å². The molecule has 0 radical (unpaired) electrons. The van der Waals surface area contributed by atoms with E-state index in [1.807, 2.05) is 43.7 Å². The van der Waals surface area contributed by atoms with E-state index in [1.54, 1.807) is 23.1 Å². The van der Waals surface area contributed by atoms with Crippen LogP contribution in [0.3, 0.4) is 0 Å². The van der Waals surface area contributed by atoms with Crippen LogP contribution < -0.4 is 5.32 Å². The lowest BCUT2D eigenvalue weighted by Crippen LogP contribution is -2.24. The molecule has 1 N–H and O–H groups in total. The quantitative estimate of drug-likeness (QED) is 0.539. The summed E-state index contributed by atoms with van der Waals surface area (Å²) in [5, 5.41) is 7.94. The molecule has 4 aromatic rings. The maximum atomic E-state index is 12.9. The molecule has 4 heterocycles. The van der Waals surface area contributed by atoms with Gasteiger partial charge in [0, 0.05) is 55.2 Å². The van der Waals surface area contributed by atoms with E-state index < -0.39 is 0 Å². The van der Waals surface area contributed by atoms with Gasteiger partial charge in [-0.1, -0.05) is 18.2 Å². The smallest absolute Gasteiger partial charge is 0.258 e. The highest BCUT2D eigenvalue weighted by Crippen LogP contribution is 2.24. The Morgan fingerprint density at radius 1 is 1.06 bits per heavy atom. The topological polar surface area (TPSA) is 88.8 Å². The van der Waals surface area contributed by atoms with Gasteiger partial charge in [-0.05, 0) is 42.8 Å². The summed E-state index contributed by atoms with van der Waals surface area (Å²) in [6, 6.07) is 9.48. The number of aryl methyl sites for hydroxylation is 1. The molecule has 1 aliphatic heterocycles. The second-order valence-electron chi connectivity index (χ2n) is 8.00. The number of fused-ring (bicyclic) bond motifs is 1. The van der Waals surface area contributed by atoms with Crippen molar-refractivity contribution in [3.8, 4) is 11.1 Å². The molecule has 1 aromatic carbocycles. The SMILES string of the molecule is CN1CC=C(c2cc(C(=O)Nc3ncc4ccc(-c5cnn(C)c5)cc4n3)ccn2)CC1. The minimum Gasteiger partial charge on any atom is -0.302 e. The van der Waals surface area contributed by atoms with E-state index in [0.717, 1.165) is 47.2 Å². The molecule has 0 aliphatic carbocycles. The fraction of sp³-hybridized carbons (Fsp3) is 0.208. The number of pyridine rings is 1. The molecule has 0 unspecified atom stereocenters. The van der Waals surface area contributed by atoms with Crippen molar-refractivity contribution in [2.24, 2.45) is 7.05 Å². The van der Waals surface area contributed by atoms with Crippen molar-refractivity contribution in [3.05, 3.63) is 72.5 Å². The van der Waals surface area contributed by atoms with E-state index >= 15 is 0 Å². The molecule has 1 amide bonds. The largest absolute Gasteiger partial charge is 0.302 e. The Morgan fingerprint density at radius 3 is 2.75 bits per heavy atom. The molecule has 1 aliphatic rings. The number of amides is 1. The monoisotopic (exact) mass is 425 g/mol. The first kappa shape index (κ1) is 20.0. The van der Waals surface area contributed by atoms with Crippen molar-refractivity contribution in [1.29, 1.82) is 0 Å². The standard InChI is InChI=1S/C24H23N7O/c1-30-9-6-16(7-10-30)21-12-18(5-8-25-21)23(32)29-24-26-13-19-4-3-17(11-22(19)28-24)20-14-27-31(2)15-20/h3-6,8,11-15H,7,9-10H2,1-2H3,(H,26,28,29,32). The molecular formula is C24H23N7O. The van der Waals surface area contributed by atoms with Gasteiger partial charge in [0.05, 0.1) is 17.4 Å². The van der Waals surface area contributed by atoms with Crippen molar-refractivity contribution in [2.75, 3.05) is 25.5 Å².